The van der Waals surface area contributed by atoms with Gasteiger partial charge in [-0.05, 0) is 53.4 Å². The number of carbonyl (C=O) groups is 1. The Balaban J connectivity index is 1.49. The van der Waals surface area contributed by atoms with Gasteiger partial charge in [0.05, 0.1) is 19.3 Å². The fourth-order valence-corrected chi connectivity index (χ4v) is 3.55. The fourth-order valence-electron chi connectivity index (χ4n) is 3.55. The Labute approximate surface area is 182 Å². The molecule has 0 N–H and O–H groups in total. The number of aryl methyl sites for hydroxylation is 1. The van der Waals surface area contributed by atoms with Crippen molar-refractivity contribution in [2.45, 2.75) is 20.1 Å². The van der Waals surface area contributed by atoms with Gasteiger partial charge in [0.25, 0.3) is 0 Å². The lowest BCUT2D eigenvalue weighted by Crippen LogP contribution is -2.05. The highest BCUT2D eigenvalue weighted by atomic mass is 16.5. The van der Waals surface area contributed by atoms with E-state index in [0.717, 1.165) is 39.3 Å². The summed E-state index contributed by atoms with van der Waals surface area (Å²) in [5, 5.41) is 0. The summed E-state index contributed by atoms with van der Waals surface area (Å²) in [5.74, 6) is 1.24. The first-order valence-corrected chi connectivity index (χ1v) is 10.1. The van der Waals surface area contributed by atoms with Gasteiger partial charge in [0, 0.05) is 5.56 Å². The Kier molecular flexibility index (Phi) is 6.29. The standard InChI is InChI=1S/C27H24O4/c1-19-8-6-7-11-23(19)25-16-20(12-14-24(25)27(28)29-2)17-30-18-22-13-15-26(31-22)21-9-4-3-5-10-21/h3-16H,17-18H2,1-2H3. The van der Waals surface area contributed by atoms with Crippen molar-refractivity contribution < 1.29 is 18.7 Å². The van der Waals surface area contributed by atoms with Crippen LogP contribution >= 0.6 is 0 Å². The number of furan rings is 1. The lowest BCUT2D eigenvalue weighted by atomic mass is 9.94. The number of rotatable bonds is 7. The van der Waals surface area contributed by atoms with Gasteiger partial charge in [-0.25, -0.2) is 4.79 Å². The van der Waals surface area contributed by atoms with Gasteiger partial charge in [-0.15, -0.1) is 0 Å². The van der Waals surface area contributed by atoms with Gasteiger partial charge in [0.1, 0.15) is 18.1 Å². The molecule has 1 heterocycles. The second kappa shape index (κ2) is 9.45. The summed E-state index contributed by atoms with van der Waals surface area (Å²) >= 11 is 0. The van der Waals surface area contributed by atoms with Crippen LogP contribution in [0.15, 0.2) is 89.3 Å². The summed E-state index contributed by atoms with van der Waals surface area (Å²) in [5.41, 5.74) is 5.49. The van der Waals surface area contributed by atoms with Crippen LogP contribution in [-0.4, -0.2) is 13.1 Å². The quantitative estimate of drug-likeness (QED) is 0.328. The summed E-state index contributed by atoms with van der Waals surface area (Å²) in [6, 6.07) is 27.5. The molecule has 4 nitrogen and oxygen atoms in total. The lowest BCUT2D eigenvalue weighted by molar-refractivity contribution is 0.0601. The molecule has 1 aromatic heterocycles. The number of benzene rings is 3. The third kappa shape index (κ3) is 4.76. The fraction of sp³-hybridized carbons (Fsp3) is 0.148. The van der Waals surface area contributed by atoms with Crippen molar-refractivity contribution in [3.63, 3.8) is 0 Å². The van der Waals surface area contributed by atoms with Crippen LogP contribution in [-0.2, 0) is 22.7 Å². The van der Waals surface area contributed by atoms with Crippen molar-refractivity contribution in [1.82, 2.24) is 0 Å². The van der Waals surface area contributed by atoms with Crippen molar-refractivity contribution in [3.8, 4) is 22.5 Å². The van der Waals surface area contributed by atoms with E-state index >= 15 is 0 Å². The molecule has 0 spiro atoms. The molecule has 0 saturated heterocycles. The molecule has 31 heavy (non-hydrogen) atoms. The molecule has 0 aliphatic heterocycles. The third-order valence-electron chi connectivity index (χ3n) is 5.16. The number of hydrogen-bond donors (Lipinski definition) is 0. The molecule has 156 valence electrons. The van der Waals surface area contributed by atoms with Gasteiger partial charge >= 0.3 is 5.97 Å². The monoisotopic (exact) mass is 412 g/mol. The summed E-state index contributed by atoms with van der Waals surface area (Å²) in [7, 11) is 1.40. The first kappa shape index (κ1) is 20.6. The van der Waals surface area contributed by atoms with Crippen LogP contribution in [0.5, 0.6) is 0 Å². The maximum absolute atomic E-state index is 12.3. The summed E-state index contributed by atoms with van der Waals surface area (Å²) in [6.45, 7) is 2.80. The van der Waals surface area contributed by atoms with Gasteiger partial charge in [0.15, 0.2) is 0 Å². The molecule has 0 bridgehead atoms. The zero-order chi connectivity index (χ0) is 21.6. The van der Waals surface area contributed by atoms with E-state index in [0.29, 0.717) is 18.8 Å². The topological polar surface area (TPSA) is 48.7 Å². The van der Waals surface area contributed by atoms with Crippen molar-refractivity contribution in [2.24, 2.45) is 0 Å². The Bertz CT molecular complexity index is 1170. The van der Waals surface area contributed by atoms with Gasteiger partial charge in [-0.1, -0.05) is 60.7 Å². The van der Waals surface area contributed by atoms with Crippen LogP contribution in [0.4, 0.5) is 0 Å². The molecule has 0 amide bonds. The number of ether oxygens (including phenoxy) is 2. The maximum Gasteiger partial charge on any atom is 0.338 e. The SMILES string of the molecule is COC(=O)c1ccc(COCc2ccc(-c3ccccc3)o2)cc1-c1ccccc1C. The number of methoxy groups -OCH3 is 1. The predicted octanol–water partition coefficient (Wildman–Crippen LogP) is 6.43. The normalized spacial score (nSPS) is 10.8. The molecule has 0 saturated carbocycles. The van der Waals surface area contributed by atoms with E-state index in [1.54, 1.807) is 6.07 Å². The number of esters is 1. The Morgan fingerprint density at radius 3 is 2.39 bits per heavy atom. The highest BCUT2D eigenvalue weighted by Gasteiger charge is 2.15. The molecular formula is C27H24O4. The number of carbonyl (C=O) groups excluding carboxylic acids is 1. The molecule has 0 unspecified atom stereocenters. The van der Waals surface area contributed by atoms with Crippen molar-refractivity contribution in [3.05, 3.63) is 107 Å². The molecule has 4 heteroatoms. The molecule has 0 radical (unpaired) electrons. The van der Waals surface area contributed by atoms with Crippen molar-refractivity contribution in [2.75, 3.05) is 7.11 Å². The van der Waals surface area contributed by atoms with Gasteiger partial charge < -0.3 is 13.9 Å². The number of hydrogen-bond acceptors (Lipinski definition) is 4. The maximum atomic E-state index is 12.3. The van der Waals surface area contributed by atoms with Gasteiger partial charge in [-0.2, -0.15) is 0 Å². The van der Waals surface area contributed by atoms with E-state index in [1.165, 1.54) is 7.11 Å². The zero-order valence-electron chi connectivity index (χ0n) is 17.6. The van der Waals surface area contributed by atoms with E-state index in [2.05, 4.69) is 0 Å². The van der Waals surface area contributed by atoms with Crippen LogP contribution < -0.4 is 0 Å². The van der Waals surface area contributed by atoms with Gasteiger partial charge in [0.2, 0.25) is 0 Å². The van der Waals surface area contributed by atoms with E-state index in [9.17, 15) is 4.79 Å². The Morgan fingerprint density at radius 2 is 1.61 bits per heavy atom. The van der Waals surface area contributed by atoms with Crippen LogP contribution in [0.1, 0.15) is 27.2 Å². The van der Waals surface area contributed by atoms with Gasteiger partial charge in [-0.3, -0.25) is 0 Å². The Morgan fingerprint density at radius 1 is 0.839 bits per heavy atom. The molecule has 4 rings (SSSR count). The minimum atomic E-state index is -0.352. The summed E-state index contributed by atoms with van der Waals surface area (Å²) in [4.78, 5) is 12.3. The minimum absolute atomic E-state index is 0.352. The Hall–Kier alpha value is -3.63. The highest BCUT2D eigenvalue weighted by Crippen LogP contribution is 2.29. The second-order valence-electron chi connectivity index (χ2n) is 7.31. The first-order chi connectivity index (χ1) is 15.2. The highest BCUT2D eigenvalue weighted by molar-refractivity contribution is 5.97. The van der Waals surface area contributed by atoms with Crippen LogP contribution in [0, 0.1) is 6.92 Å². The molecule has 0 aliphatic carbocycles. The average Bonchev–Trinajstić information content (AvgIpc) is 3.28. The molecule has 0 aliphatic rings. The minimum Gasteiger partial charge on any atom is -0.465 e. The predicted molar refractivity (Wildman–Crippen MR) is 121 cm³/mol. The van der Waals surface area contributed by atoms with Crippen LogP contribution in [0.25, 0.3) is 22.5 Å². The molecular weight excluding hydrogens is 388 g/mol. The van der Waals surface area contributed by atoms with E-state index in [1.807, 2.05) is 85.8 Å². The summed E-state index contributed by atoms with van der Waals surface area (Å²) in [6.07, 6.45) is 0. The average molecular weight is 412 g/mol. The smallest absolute Gasteiger partial charge is 0.338 e. The van der Waals surface area contributed by atoms with E-state index < -0.39 is 0 Å². The van der Waals surface area contributed by atoms with Crippen molar-refractivity contribution >= 4 is 5.97 Å². The zero-order valence-corrected chi connectivity index (χ0v) is 17.6. The molecule has 0 fully saturated rings. The van der Waals surface area contributed by atoms with E-state index in [-0.39, 0.29) is 5.97 Å². The van der Waals surface area contributed by atoms with Crippen molar-refractivity contribution in [1.29, 1.82) is 0 Å². The van der Waals surface area contributed by atoms with E-state index in [4.69, 9.17) is 13.9 Å². The van der Waals surface area contributed by atoms with Crippen LogP contribution in [0.3, 0.4) is 0 Å². The third-order valence-corrected chi connectivity index (χ3v) is 5.16. The largest absolute Gasteiger partial charge is 0.465 e. The molecule has 0 atom stereocenters. The molecule has 4 aromatic rings. The second-order valence-corrected chi connectivity index (χ2v) is 7.31. The van der Waals surface area contributed by atoms with Crippen LogP contribution in [0.2, 0.25) is 0 Å². The first-order valence-electron chi connectivity index (χ1n) is 10.1. The lowest BCUT2D eigenvalue weighted by Gasteiger charge is -2.13. The molecule has 3 aromatic carbocycles. The summed E-state index contributed by atoms with van der Waals surface area (Å²) < 4.78 is 16.8.